The molecule has 1 N–H and O–H groups in total. The lowest BCUT2D eigenvalue weighted by Gasteiger charge is -2.43. The van der Waals surface area contributed by atoms with Crippen LogP contribution in [0.5, 0.6) is 5.75 Å². The highest BCUT2D eigenvalue weighted by atomic mass is 28.4. The third kappa shape index (κ3) is 6.75. The number of anilines is 2. The number of fused-ring (bicyclic) bond motifs is 1. The SMILES string of the molecule is CC(C)(C)[Si](Oc1cccc2c1CCC(O)C(COC(=O)N(c1ccccc1)c1ccccc1)C2)(c1ccccc1)c1ccccc1. The van der Waals surface area contributed by atoms with Crippen LogP contribution in [0, 0.1) is 5.92 Å². The Balaban J connectivity index is 1.29. The number of hydrogen-bond acceptors (Lipinski definition) is 4. The maximum atomic E-state index is 13.6. The first kappa shape index (κ1) is 32.3. The van der Waals surface area contributed by atoms with Gasteiger partial charge in [-0.1, -0.05) is 130 Å². The van der Waals surface area contributed by atoms with Gasteiger partial charge in [0.1, 0.15) is 5.75 Å². The molecule has 240 valence electrons. The van der Waals surface area contributed by atoms with Crippen LogP contribution >= 0.6 is 0 Å². The summed E-state index contributed by atoms with van der Waals surface area (Å²) in [7, 11) is -2.84. The average molecular weight is 642 g/mol. The third-order valence-electron chi connectivity index (χ3n) is 9.26. The molecule has 0 radical (unpaired) electrons. The number of nitrogens with zero attached hydrogens (tertiary/aromatic N) is 1. The third-order valence-corrected chi connectivity index (χ3v) is 14.2. The highest BCUT2D eigenvalue weighted by Gasteiger charge is 2.52. The van der Waals surface area contributed by atoms with Gasteiger partial charge in [-0.25, -0.2) is 9.69 Å². The zero-order chi connectivity index (χ0) is 32.9. The van der Waals surface area contributed by atoms with E-state index in [1.807, 2.05) is 60.7 Å². The Kier molecular flexibility index (Phi) is 9.62. The van der Waals surface area contributed by atoms with Gasteiger partial charge in [-0.3, -0.25) is 0 Å². The molecule has 0 spiro atoms. The summed E-state index contributed by atoms with van der Waals surface area (Å²) in [6.45, 7) is 6.95. The second kappa shape index (κ2) is 14.0. The van der Waals surface area contributed by atoms with Crippen LogP contribution in [0.3, 0.4) is 0 Å². The maximum Gasteiger partial charge on any atom is 0.418 e. The van der Waals surface area contributed by atoms with E-state index in [4.69, 9.17) is 9.16 Å². The Labute approximate surface area is 279 Å². The minimum Gasteiger partial charge on any atom is -0.534 e. The molecule has 1 amide bonds. The number of carbonyl (C=O) groups excluding carboxylic acids is 1. The number of amides is 1. The van der Waals surface area contributed by atoms with Crippen LogP contribution in [0.25, 0.3) is 0 Å². The van der Waals surface area contributed by atoms with Gasteiger partial charge in [0.15, 0.2) is 0 Å². The van der Waals surface area contributed by atoms with Gasteiger partial charge in [-0.15, -0.1) is 0 Å². The molecule has 6 rings (SSSR count). The van der Waals surface area contributed by atoms with Crippen molar-refractivity contribution in [2.45, 2.75) is 51.2 Å². The molecule has 0 saturated heterocycles. The van der Waals surface area contributed by atoms with E-state index >= 15 is 0 Å². The molecular weight excluding hydrogens is 599 g/mol. The van der Waals surface area contributed by atoms with Crippen molar-refractivity contribution in [3.63, 3.8) is 0 Å². The number of aliphatic hydroxyl groups is 1. The fourth-order valence-corrected chi connectivity index (χ4v) is 11.3. The fourth-order valence-electron chi connectivity index (χ4n) is 6.87. The van der Waals surface area contributed by atoms with Gasteiger partial charge < -0.3 is 14.3 Å². The number of hydrogen-bond donors (Lipinski definition) is 1. The van der Waals surface area contributed by atoms with Crippen molar-refractivity contribution in [1.29, 1.82) is 0 Å². The van der Waals surface area contributed by atoms with Crippen LogP contribution in [0.4, 0.5) is 16.2 Å². The zero-order valence-corrected chi connectivity index (χ0v) is 28.4. The van der Waals surface area contributed by atoms with Gasteiger partial charge >= 0.3 is 14.4 Å². The molecule has 5 aromatic carbocycles. The summed E-state index contributed by atoms with van der Waals surface area (Å²) in [5.74, 6) is 0.623. The lowest BCUT2D eigenvalue weighted by molar-refractivity contribution is 0.0537. The molecule has 2 atom stereocenters. The summed E-state index contributed by atoms with van der Waals surface area (Å²) in [5, 5.41) is 13.6. The Hall–Kier alpha value is -4.65. The predicted octanol–water partition coefficient (Wildman–Crippen LogP) is 8.07. The van der Waals surface area contributed by atoms with Crippen molar-refractivity contribution in [2.24, 2.45) is 5.92 Å². The second-order valence-electron chi connectivity index (χ2n) is 13.3. The normalized spacial score (nSPS) is 16.4. The number of aliphatic hydroxyl groups excluding tert-OH is 1. The smallest absolute Gasteiger partial charge is 0.418 e. The molecule has 2 unspecified atom stereocenters. The van der Waals surface area contributed by atoms with Crippen molar-refractivity contribution in [1.82, 2.24) is 0 Å². The van der Waals surface area contributed by atoms with Crippen LogP contribution < -0.4 is 19.7 Å². The van der Waals surface area contributed by atoms with Crippen molar-refractivity contribution in [3.05, 3.63) is 151 Å². The number of carbonyl (C=O) groups is 1. The Morgan fingerprint density at radius 3 is 1.77 bits per heavy atom. The average Bonchev–Trinajstić information content (AvgIpc) is 3.26. The standard InChI is InChI=1S/C41H43NO4Si/c1-41(2,3)47(35-22-12-6-13-23-35,36-24-14-7-15-25-36)46-39-26-16-17-31-29-32(38(43)28-27-37(31)39)30-45-40(44)42(33-18-8-4-9-19-33)34-20-10-5-11-21-34/h4-26,32,38,43H,27-30H2,1-3H3. The lowest BCUT2D eigenvalue weighted by atomic mass is 9.95. The van der Waals surface area contributed by atoms with Crippen LogP contribution in [0.15, 0.2) is 140 Å². The van der Waals surface area contributed by atoms with Gasteiger partial charge in [-0.05, 0) is 76.1 Å². The summed E-state index contributed by atoms with van der Waals surface area (Å²) in [6, 6.07) is 46.6. The van der Waals surface area contributed by atoms with Crippen molar-refractivity contribution in [3.8, 4) is 5.75 Å². The van der Waals surface area contributed by atoms with E-state index in [0.717, 1.165) is 28.3 Å². The van der Waals surface area contributed by atoms with E-state index < -0.39 is 20.5 Å². The van der Waals surface area contributed by atoms with E-state index in [1.54, 1.807) is 4.90 Å². The Bertz CT molecular complexity index is 1680. The minimum absolute atomic E-state index is 0.107. The van der Waals surface area contributed by atoms with E-state index in [9.17, 15) is 9.90 Å². The molecule has 0 aliphatic heterocycles. The largest absolute Gasteiger partial charge is 0.534 e. The summed E-state index contributed by atoms with van der Waals surface area (Å²) < 4.78 is 13.4. The number of ether oxygens (including phenoxy) is 1. The van der Waals surface area contributed by atoms with Crippen LogP contribution in [0.1, 0.15) is 38.3 Å². The molecule has 0 fully saturated rings. The number of rotatable bonds is 8. The predicted molar refractivity (Wildman–Crippen MR) is 193 cm³/mol. The topological polar surface area (TPSA) is 59.0 Å². The van der Waals surface area contributed by atoms with Crippen LogP contribution in [-0.4, -0.2) is 32.2 Å². The molecule has 5 aromatic rings. The van der Waals surface area contributed by atoms with Gasteiger partial charge in [0, 0.05) is 5.92 Å². The first-order valence-electron chi connectivity index (χ1n) is 16.4. The molecule has 1 aliphatic rings. The summed E-state index contributed by atoms with van der Waals surface area (Å²) >= 11 is 0. The molecule has 0 aromatic heterocycles. The Morgan fingerprint density at radius 1 is 0.745 bits per heavy atom. The van der Waals surface area contributed by atoms with E-state index in [1.165, 1.54) is 10.4 Å². The Morgan fingerprint density at radius 2 is 1.26 bits per heavy atom. The quantitative estimate of drug-likeness (QED) is 0.138. The number of benzene rings is 5. The van der Waals surface area contributed by atoms with Crippen molar-refractivity contribution < 1.29 is 19.1 Å². The molecular formula is C41H43NO4Si. The highest BCUT2D eigenvalue weighted by molar-refractivity contribution is 7.00. The second-order valence-corrected chi connectivity index (χ2v) is 17.5. The van der Waals surface area contributed by atoms with Gasteiger partial charge in [-0.2, -0.15) is 0 Å². The van der Waals surface area contributed by atoms with E-state index in [2.05, 4.69) is 99.6 Å². The molecule has 5 nitrogen and oxygen atoms in total. The molecule has 0 bridgehead atoms. The summed E-state index contributed by atoms with van der Waals surface area (Å²) in [5.41, 5.74) is 3.70. The lowest BCUT2D eigenvalue weighted by Crippen LogP contribution is -2.68. The maximum absolute atomic E-state index is 13.6. The first-order chi connectivity index (χ1) is 22.8. The van der Waals surface area contributed by atoms with Crippen LogP contribution in [0.2, 0.25) is 5.04 Å². The molecule has 6 heteroatoms. The van der Waals surface area contributed by atoms with Crippen molar-refractivity contribution >= 4 is 36.2 Å². The first-order valence-corrected chi connectivity index (χ1v) is 18.3. The molecule has 47 heavy (non-hydrogen) atoms. The van der Waals surface area contributed by atoms with Crippen molar-refractivity contribution in [2.75, 3.05) is 11.5 Å². The van der Waals surface area contributed by atoms with Crippen LogP contribution in [-0.2, 0) is 17.6 Å². The molecule has 0 saturated carbocycles. The number of para-hydroxylation sites is 2. The zero-order valence-electron chi connectivity index (χ0n) is 27.4. The van der Waals surface area contributed by atoms with E-state index in [-0.39, 0.29) is 17.6 Å². The summed E-state index contributed by atoms with van der Waals surface area (Å²) in [6.07, 6.45) is 0.714. The highest BCUT2D eigenvalue weighted by Crippen LogP contribution is 2.40. The van der Waals surface area contributed by atoms with Gasteiger partial charge in [0.25, 0.3) is 0 Å². The molecule has 1 aliphatic carbocycles. The monoisotopic (exact) mass is 641 g/mol. The van der Waals surface area contributed by atoms with Gasteiger partial charge in [0.2, 0.25) is 0 Å². The molecule has 0 heterocycles. The van der Waals surface area contributed by atoms with E-state index in [0.29, 0.717) is 19.3 Å². The summed E-state index contributed by atoms with van der Waals surface area (Å²) in [4.78, 5) is 15.2. The minimum atomic E-state index is -2.84. The fraction of sp³-hybridized carbons (Fsp3) is 0.244. The van der Waals surface area contributed by atoms with Gasteiger partial charge in [0.05, 0.1) is 24.1 Å².